The zero-order valence-corrected chi connectivity index (χ0v) is 11.4. The smallest absolute Gasteiger partial charge is 0.0230 e. The van der Waals surface area contributed by atoms with Crippen LogP contribution < -0.4 is 0 Å². The minimum Gasteiger partial charge on any atom is -0.0871 e. The van der Waals surface area contributed by atoms with Gasteiger partial charge < -0.3 is 0 Å². The Morgan fingerprint density at radius 3 is 1.87 bits per heavy atom. The summed E-state index contributed by atoms with van der Waals surface area (Å²) in [7, 11) is 0. The number of rotatable bonds is 1. The van der Waals surface area contributed by atoms with Crippen LogP contribution in [0.25, 0.3) is 6.08 Å². The maximum absolute atomic E-state index is 2.20. The first-order valence-corrected chi connectivity index (χ1v) is 5.94. The number of hydrogen-bond acceptors (Lipinski definition) is 0. The van der Waals surface area contributed by atoms with E-state index in [4.69, 9.17) is 0 Å². The van der Waals surface area contributed by atoms with E-state index in [9.17, 15) is 0 Å². The van der Waals surface area contributed by atoms with Crippen LogP contribution in [0.4, 0.5) is 0 Å². The molecule has 1 aromatic carbocycles. The molecule has 0 radical (unpaired) electrons. The summed E-state index contributed by atoms with van der Waals surface area (Å²) in [6, 6.07) is 6.50. The van der Waals surface area contributed by atoms with Gasteiger partial charge in [0.25, 0.3) is 0 Å². The first kappa shape index (κ1) is 16.4. The minimum atomic E-state index is 1.32. The third kappa shape index (κ3) is 6.96. The van der Waals surface area contributed by atoms with Crippen LogP contribution in [0.3, 0.4) is 0 Å². The van der Waals surface area contributed by atoms with Crippen molar-refractivity contribution in [3.05, 3.63) is 41.0 Å². The maximum Gasteiger partial charge on any atom is -0.0230 e. The van der Waals surface area contributed by atoms with Crippen LogP contribution in [0.2, 0.25) is 0 Å². The Hall–Kier alpha value is -1.04. The van der Waals surface area contributed by atoms with Crippen molar-refractivity contribution >= 4 is 6.08 Å². The summed E-state index contributed by atoms with van der Waals surface area (Å²) < 4.78 is 0. The van der Waals surface area contributed by atoms with Crippen LogP contribution in [0.5, 0.6) is 0 Å². The fourth-order valence-electron chi connectivity index (χ4n) is 1.19. The fourth-order valence-corrected chi connectivity index (χ4v) is 1.19. The largest absolute Gasteiger partial charge is 0.0871 e. The molecule has 1 aromatic rings. The molecule has 0 aromatic heterocycles. The lowest BCUT2D eigenvalue weighted by atomic mass is 10.1. The summed E-state index contributed by atoms with van der Waals surface area (Å²) in [5.74, 6) is 0. The van der Waals surface area contributed by atoms with Crippen molar-refractivity contribution in [2.24, 2.45) is 0 Å². The molecule has 0 bridgehead atoms. The van der Waals surface area contributed by atoms with Gasteiger partial charge in [-0.2, -0.15) is 0 Å². The van der Waals surface area contributed by atoms with Crippen LogP contribution in [-0.4, -0.2) is 0 Å². The highest BCUT2D eigenvalue weighted by Crippen LogP contribution is 2.11. The summed E-state index contributed by atoms with van der Waals surface area (Å²) in [4.78, 5) is 0. The molecule has 0 nitrogen and oxygen atoms in total. The van der Waals surface area contributed by atoms with Crippen molar-refractivity contribution in [3.8, 4) is 0 Å². The second kappa shape index (κ2) is 11.0. The zero-order chi connectivity index (χ0) is 12.3. The van der Waals surface area contributed by atoms with Crippen molar-refractivity contribution < 1.29 is 0 Å². The van der Waals surface area contributed by atoms with Gasteiger partial charge in [-0.1, -0.05) is 63.6 Å². The van der Waals surface area contributed by atoms with E-state index in [1.807, 2.05) is 34.6 Å². The Bertz CT molecular complexity index is 269. The molecule has 0 heterocycles. The molecular weight excluding hydrogens is 180 g/mol. The normalized spacial score (nSPS) is 8.73. The van der Waals surface area contributed by atoms with Crippen molar-refractivity contribution in [1.82, 2.24) is 0 Å². The summed E-state index contributed by atoms with van der Waals surface area (Å²) in [5.41, 5.74) is 4.00. The minimum absolute atomic E-state index is 1.32. The van der Waals surface area contributed by atoms with Crippen LogP contribution in [0, 0.1) is 13.8 Å². The van der Waals surface area contributed by atoms with Crippen molar-refractivity contribution in [2.45, 2.75) is 48.5 Å². The first-order valence-electron chi connectivity index (χ1n) is 5.94. The fraction of sp³-hybridized carbons (Fsp3) is 0.467. The van der Waals surface area contributed by atoms with E-state index < -0.39 is 0 Å². The highest BCUT2D eigenvalue weighted by molar-refractivity contribution is 5.53. The molecule has 0 N–H and O–H groups in total. The number of aryl methyl sites for hydroxylation is 2. The van der Waals surface area contributed by atoms with E-state index in [-0.39, 0.29) is 0 Å². The summed E-state index contributed by atoms with van der Waals surface area (Å²) in [6.07, 6.45) is 4.20. The van der Waals surface area contributed by atoms with E-state index in [1.54, 1.807) is 0 Å². The second-order valence-corrected chi connectivity index (χ2v) is 2.86. The van der Waals surface area contributed by atoms with Gasteiger partial charge in [-0.05, 0) is 31.9 Å². The number of allylic oxidation sites excluding steroid dienone is 1. The van der Waals surface area contributed by atoms with Gasteiger partial charge in [0.1, 0.15) is 0 Å². The van der Waals surface area contributed by atoms with Gasteiger partial charge in [-0.3, -0.25) is 0 Å². The Kier molecular flexibility index (Phi) is 12.1. The van der Waals surface area contributed by atoms with E-state index in [2.05, 4.69) is 44.2 Å². The molecule has 0 aliphatic heterocycles. The Labute approximate surface area is 96.0 Å². The molecule has 0 aliphatic carbocycles. The molecule has 0 heteroatoms. The van der Waals surface area contributed by atoms with Crippen molar-refractivity contribution in [2.75, 3.05) is 0 Å². The van der Waals surface area contributed by atoms with Gasteiger partial charge in [-0.15, -0.1) is 0 Å². The van der Waals surface area contributed by atoms with E-state index in [0.717, 1.165) is 0 Å². The maximum atomic E-state index is 2.20. The Balaban J connectivity index is 0. The predicted octanol–water partition coefficient (Wildman–Crippen LogP) is 5.39. The van der Waals surface area contributed by atoms with Gasteiger partial charge in [0.05, 0.1) is 0 Å². The molecule has 0 saturated carbocycles. The van der Waals surface area contributed by atoms with Crippen molar-refractivity contribution in [3.63, 3.8) is 0 Å². The molecule has 0 atom stereocenters. The molecule has 0 amide bonds. The Morgan fingerprint density at radius 2 is 1.47 bits per heavy atom. The van der Waals surface area contributed by atoms with Crippen LogP contribution in [0.1, 0.15) is 51.3 Å². The summed E-state index contributed by atoms with van der Waals surface area (Å²) in [6.45, 7) is 14.3. The molecule has 0 spiro atoms. The van der Waals surface area contributed by atoms with Crippen LogP contribution in [-0.2, 0) is 0 Å². The molecule has 0 aliphatic rings. The van der Waals surface area contributed by atoms with E-state index in [0.29, 0.717) is 0 Å². The number of benzene rings is 1. The van der Waals surface area contributed by atoms with Gasteiger partial charge in [-0.25, -0.2) is 0 Å². The quantitative estimate of drug-likeness (QED) is 0.578. The number of hydrogen-bond donors (Lipinski definition) is 0. The first-order chi connectivity index (χ1) is 7.24. The zero-order valence-electron chi connectivity index (χ0n) is 11.4. The lowest BCUT2D eigenvalue weighted by Crippen LogP contribution is -1.80. The average Bonchev–Trinajstić information content (AvgIpc) is 2.28. The highest BCUT2D eigenvalue weighted by atomic mass is 14.0. The molecule has 86 valence electrons. The van der Waals surface area contributed by atoms with Crippen LogP contribution in [0.15, 0.2) is 24.3 Å². The van der Waals surface area contributed by atoms with E-state index >= 15 is 0 Å². The SMILES string of the molecule is C/C=C\c1ccc(C)cc1C.CC.CC. The Morgan fingerprint density at radius 1 is 0.933 bits per heavy atom. The molecular formula is C15H26. The van der Waals surface area contributed by atoms with Gasteiger partial charge in [0.15, 0.2) is 0 Å². The van der Waals surface area contributed by atoms with Gasteiger partial charge >= 0.3 is 0 Å². The second-order valence-electron chi connectivity index (χ2n) is 2.86. The molecule has 0 unspecified atom stereocenters. The lowest BCUT2D eigenvalue weighted by molar-refractivity contribution is 1.37. The molecule has 1 rings (SSSR count). The monoisotopic (exact) mass is 206 g/mol. The molecule has 0 saturated heterocycles. The van der Waals surface area contributed by atoms with Gasteiger partial charge in [0.2, 0.25) is 0 Å². The van der Waals surface area contributed by atoms with Crippen LogP contribution >= 0.6 is 0 Å². The highest BCUT2D eigenvalue weighted by Gasteiger charge is 1.91. The summed E-state index contributed by atoms with van der Waals surface area (Å²) >= 11 is 0. The van der Waals surface area contributed by atoms with Gasteiger partial charge in [0, 0.05) is 0 Å². The molecule has 0 fully saturated rings. The average molecular weight is 206 g/mol. The summed E-state index contributed by atoms with van der Waals surface area (Å²) in [5, 5.41) is 0. The third-order valence-electron chi connectivity index (χ3n) is 1.77. The topological polar surface area (TPSA) is 0 Å². The van der Waals surface area contributed by atoms with E-state index in [1.165, 1.54) is 16.7 Å². The van der Waals surface area contributed by atoms with Crippen molar-refractivity contribution in [1.29, 1.82) is 0 Å². The molecule has 15 heavy (non-hydrogen) atoms. The lowest BCUT2D eigenvalue weighted by Gasteiger charge is -2.00. The third-order valence-corrected chi connectivity index (χ3v) is 1.77. The predicted molar refractivity (Wildman–Crippen MR) is 73.3 cm³/mol. The standard InChI is InChI=1S/C11H14.2C2H6/c1-4-5-11-7-6-9(2)8-10(11)3;2*1-2/h4-8H,1-3H3;2*1-2H3/b5-4-;;.